The number of nitrogens with one attached hydrogen (secondary N) is 2. The molecule has 0 radical (unpaired) electrons. The van der Waals surface area contributed by atoms with Crippen molar-refractivity contribution in [2.24, 2.45) is 0 Å². The van der Waals surface area contributed by atoms with E-state index in [0.29, 0.717) is 6.04 Å². The van der Waals surface area contributed by atoms with Crippen molar-refractivity contribution in [2.45, 2.75) is 19.9 Å². The first-order chi connectivity index (χ1) is 7.75. The smallest absolute Gasteiger partial charge is 0.144 e. The van der Waals surface area contributed by atoms with E-state index in [1.807, 2.05) is 13.8 Å². The molecule has 2 heterocycles. The maximum absolute atomic E-state index is 5.37. The molecule has 0 saturated carbocycles. The molecule has 5 heteroatoms. The molecule has 1 atom stereocenters. The third-order valence-corrected chi connectivity index (χ3v) is 2.72. The van der Waals surface area contributed by atoms with Gasteiger partial charge in [0.1, 0.15) is 5.82 Å². The molecule has 0 spiro atoms. The van der Waals surface area contributed by atoms with E-state index in [0.717, 1.165) is 43.5 Å². The molecule has 0 bridgehead atoms. The Hall–Kier alpha value is -1.20. The minimum absolute atomic E-state index is 0.358. The topological polar surface area (TPSA) is 59.1 Å². The summed E-state index contributed by atoms with van der Waals surface area (Å²) in [6, 6.07) is 0.358. The molecule has 0 aliphatic carbocycles. The van der Waals surface area contributed by atoms with Gasteiger partial charge in [0.25, 0.3) is 0 Å². The Morgan fingerprint density at radius 2 is 2.38 bits per heavy atom. The van der Waals surface area contributed by atoms with Crippen LogP contribution in [0, 0.1) is 13.8 Å². The molecule has 1 aromatic heterocycles. The lowest BCUT2D eigenvalue weighted by Crippen LogP contribution is -2.45. The Bertz CT molecular complexity index is 350. The van der Waals surface area contributed by atoms with Gasteiger partial charge in [-0.05, 0) is 13.8 Å². The van der Waals surface area contributed by atoms with Gasteiger partial charge in [-0.1, -0.05) is 0 Å². The molecule has 1 saturated heterocycles. The van der Waals surface area contributed by atoms with Crippen LogP contribution in [0.2, 0.25) is 0 Å². The summed E-state index contributed by atoms with van der Waals surface area (Å²) < 4.78 is 5.37. The largest absolute Gasteiger partial charge is 0.378 e. The second-order valence-corrected chi connectivity index (χ2v) is 4.03. The van der Waals surface area contributed by atoms with Crippen LogP contribution in [0.3, 0.4) is 0 Å². The number of morpholine rings is 1. The van der Waals surface area contributed by atoms with Crippen molar-refractivity contribution >= 4 is 5.82 Å². The highest BCUT2D eigenvalue weighted by atomic mass is 16.5. The Morgan fingerprint density at radius 1 is 1.50 bits per heavy atom. The first kappa shape index (κ1) is 11.3. The number of rotatable bonds is 3. The molecule has 16 heavy (non-hydrogen) atoms. The molecular weight excluding hydrogens is 204 g/mol. The number of nitrogens with zero attached hydrogens (tertiary/aromatic N) is 2. The average Bonchev–Trinajstić information content (AvgIpc) is 2.32. The van der Waals surface area contributed by atoms with Crippen LogP contribution in [0.4, 0.5) is 5.82 Å². The maximum atomic E-state index is 5.37. The lowest BCUT2D eigenvalue weighted by atomic mass is 10.3. The quantitative estimate of drug-likeness (QED) is 0.779. The van der Waals surface area contributed by atoms with E-state index in [-0.39, 0.29) is 0 Å². The van der Waals surface area contributed by atoms with Crippen molar-refractivity contribution in [1.82, 2.24) is 15.3 Å². The zero-order valence-corrected chi connectivity index (χ0v) is 9.79. The molecule has 5 nitrogen and oxygen atoms in total. The molecule has 0 amide bonds. The highest BCUT2D eigenvalue weighted by Gasteiger charge is 2.12. The summed E-state index contributed by atoms with van der Waals surface area (Å²) in [4.78, 5) is 8.68. The van der Waals surface area contributed by atoms with E-state index in [2.05, 4.69) is 20.6 Å². The Morgan fingerprint density at radius 3 is 3.06 bits per heavy atom. The van der Waals surface area contributed by atoms with Crippen LogP contribution in [0.5, 0.6) is 0 Å². The Kier molecular flexibility index (Phi) is 3.69. The molecule has 1 fully saturated rings. The Labute approximate surface area is 95.6 Å². The summed E-state index contributed by atoms with van der Waals surface area (Å²) >= 11 is 0. The zero-order valence-electron chi connectivity index (χ0n) is 9.79. The first-order valence-electron chi connectivity index (χ1n) is 5.61. The maximum Gasteiger partial charge on any atom is 0.144 e. The van der Waals surface area contributed by atoms with Gasteiger partial charge >= 0.3 is 0 Å². The van der Waals surface area contributed by atoms with Crippen LogP contribution in [0.15, 0.2) is 6.20 Å². The fourth-order valence-electron chi connectivity index (χ4n) is 1.61. The van der Waals surface area contributed by atoms with Crippen molar-refractivity contribution in [2.75, 3.05) is 31.6 Å². The number of aryl methyl sites for hydroxylation is 2. The summed E-state index contributed by atoms with van der Waals surface area (Å²) in [6.45, 7) is 7.23. The number of anilines is 1. The summed E-state index contributed by atoms with van der Waals surface area (Å²) in [7, 11) is 0. The first-order valence-corrected chi connectivity index (χ1v) is 5.61. The third-order valence-electron chi connectivity index (χ3n) is 2.72. The zero-order chi connectivity index (χ0) is 11.4. The normalized spacial score (nSPS) is 20.8. The van der Waals surface area contributed by atoms with E-state index in [1.165, 1.54) is 0 Å². The SMILES string of the molecule is Cc1ncc(NCC2COCCN2)nc1C. The predicted octanol–water partition coefficient (Wildman–Crippen LogP) is 0.494. The minimum atomic E-state index is 0.358. The van der Waals surface area contributed by atoms with E-state index in [9.17, 15) is 0 Å². The molecule has 2 rings (SSSR count). The molecular formula is C11H18N4O. The van der Waals surface area contributed by atoms with Gasteiger partial charge < -0.3 is 15.4 Å². The van der Waals surface area contributed by atoms with Crippen molar-refractivity contribution in [3.05, 3.63) is 17.6 Å². The summed E-state index contributed by atoms with van der Waals surface area (Å²) in [5.74, 6) is 0.829. The van der Waals surface area contributed by atoms with E-state index >= 15 is 0 Å². The van der Waals surface area contributed by atoms with E-state index in [4.69, 9.17) is 4.74 Å². The lowest BCUT2D eigenvalue weighted by Gasteiger charge is -2.24. The number of aromatic nitrogens is 2. The van der Waals surface area contributed by atoms with Crippen LogP contribution >= 0.6 is 0 Å². The highest BCUT2D eigenvalue weighted by Crippen LogP contribution is 2.05. The van der Waals surface area contributed by atoms with Crippen molar-refractivity contribution in [1.29, 1.82) is 0 Å². The monoisotopic (exact) mass is 222 g/mol. The molecule has 1 aliphatic rings. The van der Waals surface area contributed by atoms with E-state index in [1.54, 1.807) is 6.20 Å². The van der Waals surface area contributed by atoms with Crippen LogP contribution in [-0.2, 0) is 4.74 Å². The van der Waals surface area contributed by atoms with Gasteiger partial charge in [0.15, 0.2) is 0 Å². The second kappa shape index (κ2) is 5.23. The van der Waals surface area contributed by atoms with Crippen LogP contribution in [0.25, 0.3) is 0 Å². The number of hydrogen-bond acceptors (Lipinski definition) is 5. The van der Waals surface area contributed by atoms with Crippen molar-refractivity contribution in [3.63, 3.8) is 0 Å². The summed E-state index contributed by atoms with van der Waals surface area (Å²) in [5, 5.41) is 6.65. The summed E-state index contributed by atoms with van der Waals surface area (Å²) in [5.41, 5.74) is 1.95. The van der Waals surface area contributed by atoms with Gasteiger partial charge in [0.05, 0.1) is 30.8 Å². The fourth-order valence-corrected chi connectivity index (χ4v) is 1.61. The van der Waals surface area contributed by atoms with Crippen molar-refractivity contribution in [3.8, 4) is 0 Å². The highest BCUT2D eigenvalue weighted by molar-refractivity contribution is 5.33. The van der Waals surface area contributed by atoms with Gasteiger partial charge in [-0.25, -0.2) is 4.98 Å². The lowest BCUT2D eigenvalue weighted by molar-refractivity contribution is 0.0806. The van der Waals surface area contributed by atoms with E-state index < -0.39 is 0 Å². The standard InChI is InChI=1S/C11H18N4O/c1-8-9(2)15-11(6-13-8)14-5-10-7-16-4-3-12-10/h6,10,12H,3-5,7H2,1-2H3,(H,14,15). The minimum Gasteiger partial charge on any atom is -0.378 e. The third kappa shape index (κ3) is 2.90. The number of hydrogen-bond donors (Lipinski definition) is 2. The fraction of sp³-hybridized carbons (Fsp3) is 0.636. The second-order valence-electron chi connectivity index (χ2n) is 4.03. The van der Waals surface area contributed by atoms with Gasteiger partial charge in [0, 0.05) is 19.1 Å². The van der Waals surface area contributed by atoms with Gasteiger partial charge in [-0.2, -0.15) is 0 Å². The van der Waals surface area contributed by atoms with Gasteiger partial charge in [-0.3, -0.25) is 4.98 Å². The van der Waals surface area contributed by atoms with Crippen LogP contribution < -0.4 is 10.6 Å². The van der Waals surface area contributed by atoms with Gasteiger partial charge in [-0.15, -0.1) is 0 Å². The van der Waals surface area contributed by atoms with Crippen LogP contribution in [0.1, 0.15) is 11.4 Å². The Balaban J connectivity index is 1.86. The molecule has 88 valence electrons. The molecule has 2 N–H and O–H groups in total. The van der Waals surface area contributed by atoms with Crippen molar-refractivity contribution < 1.29 is 4.74 Å². The predicted molar refractivity (Wildman–Crippen MR) is 62.6 cm³/mol. The van der Waals surface area contributed by atoms with Crippen LogP contribution in [-0.4, -0.2) is 42.3 Å². The average molecular weight is 222 g/mol. The molecule has 1 aromatic rings. The summed E-state index contributed by atoms with van der Waals surface area (Å²) in [6.07, 6.45) is 1.77. The number of ether oxygens (including phenoxy) is 1. The molecule has 0 aromatic carbocycles. The molecule has 1 unspecified atom stereocenters. The molecule has 1 aliphatic heterocycles. The van der Waals surface area contributed by atoms with Gasteiger partial charge in [0.2, 0.25) is 0 Å².